The van der Waals surface area contributed by atoms with E-state index >= 15 is 0 Å². The Balaban J connectivity index is 0.000000271. The van der Waals surface area contributed by atoms with Crippen LogP contribution in [0.5, 0.6) is 34.5 Å². The molecular weight excluding hydrogens is 797 g/mol. The summed E-state index contributed by atoms with van der Waals surface area (Å²) in [5, 5.41) is 12.3. The predicted molar refractivity (Wildman–Crippen MR) is 236 cm³/mol. The Labute approximate surface area is 361 Å². The maximum Gasteiger partial charge on any atom is 0.303 e. The second kappa shape index (κ2) is 20.5. The highest BCUT2D eigenvalue weighted by Crippen LogP contribution is 2.49. The largest absolute Gasteiger partial charge is 0.493 e. The average molecular weight is 859 g/mol. The van der Waals surface area contributed by atoms with E-state index in [0.29, 0.717) is 66.6 Å². The van der Waals surface area contributed by atoms with Gasteiger partial charge in [0.1, 0.15) is 12.2 Å². The summed E-state index contributed by atoms with van der Waals surface area (Å²) in [5.41, 5.74) is 3.49. The molecule has 12 nitrogen and oxygen atoms in total. The first kappa shape index (κ1) is 46.8. The number of esters is 2. The minimum absolute atomic E-state index is 0.171. The Hall–Kier alpha value is -5.24. The van der Waals surface area contributed by atoms with Gasteiger partial charge in [-0.2, -0.15) is 0 Å². The van der Waals surface area contributed by atoms with Crippen molar-refractivity contribution in [1.82, 2.24) is 0 Å². The van der Waals surface area contributed by atoms with Gasteiger partial charge in [0.25, 0.3) is 8.32 Å². The first-order valence-electron chi connectivity index (χ1n) is 20.6. The van der Waals surface area contributed by atoms with Crippen molar-refractivity contribution in [2.45, 2.75) is 103 Å². The maximum absolute atomic E-state index is 12.3. The number of carbonyl (C=O) groups is 2. The highest BCUT2D eigenvalue weighted by molar-refractivity contribution is 6.99. The molecule has 13 heteroatoms. The molecule has 1 N–H and O–H groups in total. The summed E-state index contributed by atoms with van der Waals surface area (Å²) < 4.78 is 52.2. The number of carbonyl (C=O) groups excluding carboxylic acids is 2. The summed E-state index contributed by atoms with van der Waals surface area (Å²) in [4.78, 5) is 23.7. The fourth-order valence-corrected chi connectivity index (χ4v) is 13.6. The van der Waals surface area contributed by atoms with Crippen LogP contribution in [-0.2, 0) is 36.3 Å². The van der Waals surface area contributed by atoms with E-state index in [1.165, 1.54) is 31.3 Å². The highest BCUT2D eigenvalue weighted by Gasteiger charge is 2.52. The highest BCUT2D eigenvalue weighted by atomic mass is 28.4. The smallest absolute Gasteiger partial charge is 0.303 e. The number of hydrogen-bond donors (Lipinski definition) is 1. The van der Waals surface area contributed by atoms with Crippen LogP contribution in [0.1, 0.15) is 94.8 Å². The van der Waals surface area contributed by atoms with Crippen LogP contribution < -0.4 is 38.8 Å². The van der Waals surface area contributed by atoms with E-state index in [9.17, 15) is 14.7 Å². The number of aliphatic hydroxyl groups excluding tert-OH is 1. The Morgan fingerprint density at radius 3 is 1.38 bits per heavy atom. The van der Waals surface area contributed by atoms with Gasteiger partial charge in [-0.15, -0.1) is 0 Å². The number of fused-ring (bicyclic) bond motifs is 2. The lowest BCUT2D eigenvalue weighted by Crippen LogP contribution is -2.67. The van der Waals surface area contributed by atoms with E-state index < -0.39 is 26.6 Å². The van der Waals surface area contributed by atoms with Crippen molar-refractivity contribution < 1.29 is 57.0 Å². The standard InChI is InChI=1S/C32H40O6Si.C16H22O6/c1-22(33)37-28-20-23(18-19-26-27(28)21-29(34-5)31(36-7)30(26)35-6)38-39(32(2,3)4,24-14-10-8-11-15-24)25-16-12-9-13-17-25;1-9(17)22-13-7-10(18)5-6-11-12(13)8-14(19-2)16(21-4)15(11)20-3/h8-17,21,23,28H,18-20H2,1-7H3;8,10,13,18H,5-7H2,1-4H3. The van der Waals surface area contributed by atoms with E-state index in [-0.39, 0.29) is 23.1 Å². The SMILES string of the molecule is COc1cc2c(c(OC)c1OC)CCC(O)CC2OC(C)=O.COc1cc2c(c(OC)c1OC)CCC(O[Si](c1ccccc1)(c1ccccc1)C(C)(C)C)CC2OC(C)=O. The van der Waals surface area contributed by atoms with E-state index in [4.69, 9.17) is 42.3 Å². The van der Waals surface area contributed by atoms with Gasteiger partial charge in [-0.25, -0.2) is 0 Å². The summed E-state index contributed by atoms with van der Waals surface area (Å²) in [7, 11) is 6.64. The third kappa shape index (κ3) is 10.1. The Morgan fingerprint density at radius 2 is 1.00 bits per heavy atom. The van der Waals surface area contributed by atoms with Gasteiger partial charge >= 0.3 is 11.9 Å². The molecule has 0 saturated carbocycles. The summed E-state index contributed by atoms with van der Waals surface area (Å²) in [5.74, 6) is 2.51. The molecule has 330 valence electrons. The lowest BCUT2D eigenvalue weighted by Gasteiger charge is -2.45. The minimum Gasteiger partial charge on any atom is -0.493 e. The number of aliphatic hydroxyl groups is 1. The normalized spacial score (nSPS) is 18.6. The summed E-state index contributed by atoms with van der Waals surface area (Å²) in [6.45, 7) is 9.61. The number of rotatable bonds is 12. The van der Waals surface area contributed by atoms with Gasteiger partial charge in [0, 0.05) is 55.0 Å². The lowest BCUT2D eigenvalue weighted by atomic mass is 9.98. The average Bonchev–Trinajstić information content (AvgIpc) is 3.50. The van der Waals surface area contributed by atoms with Gasteiger partial charge in [-0.05, 0) is 53.2 Å². The van der Waals surface area contributed by atoms with Crippen LogP contribution in [0.4, 0.5) is 0 Å². The van der Waals surface area contributed by atoms with Crippen LogP contribution in [0.3, 0.4) is 0 Å². The third-order valence-corrected chi connectivity index (χ3v) is 16.5. The Kier molecular flexibility index (Phi) is 15.8. The molecule has 0 aliphatic heterocycles. The topological polar surface area (TPSA) is 137 Å². The number of methoxy groups -OCH3 is 6. The molecular formula is C48H62O12Si. The molecule has 4 atom stereocenters. The minimum atomic E-state index is -2.81. The molecule has 0 bridgehead atoms. The molecule has 4 aromatic carbocycles. The van der Waals surface area contributed by atoms with Gasteiger partial charge < -0.3 is 47.4 Å². The predicted octanol–water partition coefficient (Wildman–Crippen LogP) is 7.61. The van der Waals surface area contributed by atoms with Crippen LogP contribution in [0, 0.1) is 0 Å². The van der Waals surface area contributed by atoms with Crippen LogP contribution in [0.25, 0.3) is 0 Å². The lowest BCUT2D eigenvalue weighted by molar-refractivity contribution is -0.149. The van der Waals surface area contributed by atoms with Crippen molar-refractivity contribution in [3.8, 4) is 34.5 Å². The zero-order valence-electron chi connectivity index (χ0n) is 37.4. The summed E-state index contributed by atoms with van der Waals surface area (Å²) in [6, 6.07) is 24.9. The number of benzene rings is 4. The van der Waals surface area contributed by atoms with Crippen molar-refractivity contribution in [3.05, 3.63) is 95.1 Å². The molecule has 0 fully saturated rings. The molecule has 4 aromatic rings. The van der Waals surface area contributed by atoms with E-state index in [1.807, 2.05) is 18.2 Å². The summed E-state index contributed by atoms with van der Waals surface area (Å²) in [6.07, 6.45) is 1.71. The fraction of sp³-hybridized carbons (Fsp3) is 0.458. The zero-order valence-corrected chi connectivity index (χ0v) is 38.4. The van der Waals surface area contributed by atoms with Crippen molar-refractivity contribution in [2.24, 2.45) is 0 Å². The molecule has 2 aliphatic carbocycles. The zero-order chi connectivity index (χ0) is 44.5. The molecule has 0 saturated heterocycles. The van der Waals surface area contributed by atoms with E-state index in [1.54, 1.807) is 41.6 Å². The number of ether oxygens (including phenoxy) is 8. The van der Waals surface area contributed by atoms with Gasteiger partial charge in [0.2, 0.25) is 11.5 Å². The molecule has 0 spiro atoms. The fourth-order valence-electron chi connectivity index (χ4n) is 8.82. The van der Waals surface area contributed by atoms with E-state index in [2.05, 4.69) is 69.3 Å². The molecule has 0 amide bonds. The molecule has 0 aromatic heterocycles. The first-order valence-corrected chi connectivity index (χ1v) is 22.5. The van der Waals surface area contributed by atoms with Crippen LogP contribution in [0.2, 0.25) is 5.04 Å². The van der Waals surface area contributed by atoms with Gasteiger partial charge in [0.05, 0.1) is 48.8 Å². The molecule has 0 heterocycles. The second-order valence-corrected chi connectivity index (χ2v) is 20.5. The third-order valence-electron chi connectivity index (χ3n) is 11.4. The molecule has 2 aliphatic rings. The van der Waals surface area contributed by atoms with Crippen molar-refractivity contribution in [2.75, 3.05) is 42.7 Å². The van der Waals surface area contributed by atoms with E-state index in [0.717, 1.165) is 28.7 Å². The number of hydrogen-bond acceptors (Lipinski definition) is 12. The molecule has 0 radical (unpaired) electrons. The molecule has 61 heavy (non-hydrogen) atoms. The van der Waals surface area contributed by atoms with Crippen molar-refractivity contribution >= 4 is 30.6 Å². The van der Waals surface area contributed by atoms with Crippen molar-refractivity contribution in [3.63, 3.8) is 0 Å². The monoisotopic (exact) mass is 858 g/mol. The van der Waals surface area contributed by atoms with Gasteiger partial charge in [-0.1, -0.05) is 81.4 Å². The van der Waals surface area contributed by atoms with Gasteiger partial charge in [0.15, 0.2) is 23.0 Å². The Bertz CT molecular complexity index is 2060. The summed E-state index contributed by atoms with van der Waals surface area (Å²) >= 11 is 0. The molecule has 6 rings (SSSR count). The van der Waals surface area contributed by atoms with Gasteiger partial charge in [-0.3, -0.25) is 9.59 Å². The van der Waals surface area contributed by atoms with Crippen molar-refractivity contribution in [1.29, 1.82) is 0 Å². The van der Waals surface area contributed by atoms with Crippen LogP contribution in [-0.4, -0.2) is 80.2 Å². The quantitative estimate of drug-likeness (QED) is 0.0853. The first-order chi connectivity index (χ1) is 29.2. The van der Waals surface area contributed by atoms with Crippen LogP contribution >= 0.6 is 0 Å². The van der Waals surface area contributed by atoms with Crippen LogP contribution in [0.15, 0.2) is 72.8 Å². The second-order valence-electron chi connectivity index (χ2n) is 16.2. The Morgan fingerprint density at radius 1 is 0.590 bits per heavy atom. The maximum atomic E-state index is 12.3. The molecule has 4 unspecified atom stereocenters.